The van der Waals surface area contributed by atoms with Crippen LogP contribution in [0.1, 0.15) is 26.3 Å². The third-order valence-corrected chi connectivity index (χ3v) is 4.02. The number of hydrogen-bond donors (Lipinski definition) is 0. The van der Waals surface area contributed by atoms with E-state index < -0.39 is 5.97 Å². The van der Waals surface area contributed by atoms with Crippen molar-refractivity contribution in [2.24, 2.45) is 5.92 Å². The predicted molar refractivity (Wildman–Crippen MR) is 93.6 cm³/mol. The number of esters is 1. The molecule has 5 nitrogen and oxygen atoms in total. The lowest BCUT2D eigenvalue weighted by atomic mass is 10.0. The molecule has 1 heterocycles. The largest absolute Gasteiger partial charge is 0.486 e. The number of halogens is 1. The highest BCUT2D eigenvalue weighted by Gasteiger charge is 2.32. The summed E-state index contributed by atoms with van der Waals surface area (Å²) in [6.45, 7) is 8.35. The molecular weight excluding hydrogens is 330 g/mol. The highest BCUT2D eigenvalue weighted by atomic mass is 35.5. The number of aryl methyl sites for hydroxylation is 1. The lowest BCUT2D eigenvalue weighted by Gasteiger charge is -2.37. The van der Waals surface area contributed by atoms with E-state index in [4.69, 9.17) is 21.1 Å². The van der Waals surface area contributed by atoms with Gasteiger partial charge in [0.2, 0.25) is 0 Å². The summed E-state index contributed by atoms with van der Waals surface area (Å²) < 4.78 is 10.9. The molecule has 0 radical (unpaired) electrons. The zero-order valence-corrected chi connectivity index (χ0v) is 15.1. The summed E-state index contributed by atoms with van der Waals surface area (Å²) >= 11 is 6.13. The van der Waals surface area contributed by atoms with Crippen LogP contribution >= 0.6 is 11.6 Å². The fourth-order valence-electron chi connectivity index (χ4n) is 2.51. The van der Waals surface area contributed by atoms with Crippen molar-refractivity contribution in [3.8, 4) is 5.75 Å². The quantitative estimate of drug-likeness (QED) is 0.615. The van der Waals surface area contributed by atoms with Gasteiger partial charge in [-0.15, -0.1) is 0 Å². The molecule has 24 heavy (non-hydrogen) atoms. The minimum absolute atomic E-state index is 0.127. The van der Waals surface area contributed by atoms with Crippen molar-refractivity contribution >= 4 is 29.2 Å². The van der Waals surface area contributed by atoms with Gasteiger partial charge in [0, 0.05) is 17.2 Å². The summed E-state index contributed by atoms with van der Waals surface area (Å²) in [5, 5.41) is 0.532. The first kappa shape index (κ1) is 18.3. The molecule has 1 aliphatic rings. The number of benzene rings is 1. The normalized spacial score (nSPS) is 16.9. The zero-order valence-electron chi connectivity index (χ0n) is 14.3. The van der Waals surface area contributed by atoms with Crippen molar-refractivity contribution in [2.75, 3.05) is 18.1 Å². The summed E-state index contributed by atoms with van der Waals surface area (Å²) in [4.78, 5) is 25.6. The van der Waals surface area contributed by atoms with E-state index in [9.17, 15) is 9.59 Å². The molecule has 1 aliphatic heterocycles. The Morgan fingerprint density at radius 1 is 1.42 bits per heavy atom. The summed E-state index contributed by atoms with van der Waals surface area (Å²) in [6.07, 6.45) is 2.24. The smallest absolute Gasteiger partial charge is 0.330 e. The zero-order chi connectivity index (χ0) is 17.9. The van der Waals surface area contributed by atoms with E-state index >= 15 is 0 Å². The van der Waals surface area contributed by atoms with E-state index in [2.05, 4.69) is 0 Å². The van der Waals surface area contributed by atoms with Gasteiger partial charge in [0.25, 0.3) is 5.91 Å². The maximum absolute atomic E-state index is 12.6. The van der Waals surface area contributed by atoms with Crippen molar-refractivity contribution in [3.05, 3.63) is 34.9 Å². The summed E-state index contributed by atoms with van der Waals surface area (Å²) in [5.41, 5.74) is 1.49. The van der Waals surface area contributed by atoms with Crippen LogP contribution in [0.3, 0.4) is 0 Å². The Balaban J connectivity index is 2.35. The van der Waals surface area contributed by atoms with Crippen LogP contribution in [0.5, 0.6) is 5.75 Å². The van der Waals surface area contributed by atoms with Crippen LogP contribution in [0.4, 0.5) is 5.69 Å². The van der Waals surface area contributed by atoms with Gasteiger partial charge in [-0.1, -0.05) is 25.4 Å². The van der Waals surface area contributed by atoms with Crippen molar-refractivity contribution in [1.29, 1.82) is 0 Å². The monoisotopic (exact) mass is 351 g/mol. The molecule has 0 saturated carbocycles. The Morgan fingerprint density at radius 3 is 2.75 bits per heavy atom. The van der Waals surface area contributed by atoms with E-state index in [1.54, 1.807) is 24.0 Å². The Labute approximate surface area is 147 Å². The van der Waals surface area contributed by atoms with Gasteiger partial charge in [0.1, 0.15) is 11.9 Å². The van der Waals surface area contributed by atoms with E-state index in [0.717, 1.165) is 11.6 Å². The van der Waals surface area contributed by atoms with E-state index in [-0.39, 0.29) is 24.5 Å². The molecule has 1 amide bonds. The second kappa shape index (κ2) is 7.71. The third kappa shape index (κ3) is 4.09. The Hall–Kier alpha value is -2.01. The average Bonchev–Trinajstić information content (AvgIpc) is 2.51. The second-order valence-corrected chi connectivity index (χ2v) is 6.44. The molecule has 0 bridgehead atoms. The van der Waals surface area contributed by atoms with Crippen molar-refractivity contribution in [3.63, 3.8) is 0 Å². The Bertz CT molecular complexity index is 669. The molecule has 0 saturated heterocycles. The first-order valence-corrected chi connectivity index (χ1v) is 8.34. The second-order valence-electron chi connectivity index (χ2n) is 6.01. The molecule has 2 rings (SSSR count). The Kier molecular flexibility index (Phi) is 5.89. The van der Waals surface area contributed by atoms with Crippen LogP contribution in [0.15, 0.2) is 24.3 Å². The molecule has 1 aromatic carbocycles. The van der Waals surface area contributed by atoms with Gasteiger partial charge in [-0.2, -0.15) is 0 Å². The van der Waals surface area contributed by atoms with Gasteiger partial charge in [0.15, 0.2) is 0 Å². The minimum atomic E-state index is -0.540. The van der Waals surface area contributed by atoms with Crippen LogP contribution in [0, 0.1) is 12.8 Å². The number of hydrogen-bond acceptors (Lipinski definition) is 4. The summed E-state index contributed by atoms with van der Waals surface area (Å²) in [6, 6.07) is 3.51. The van der Waals surface area contributed by atoms with Gasteiger partial charge in [-0.25, -0.2) is 4.79 Å². The van der Waals surface area contributed by atoms with Crippen LogP contribution < -0.4 is 9.64 Å². The van der Waals surface area contributed by atoms with Gasteiger partial charge in [0.05, 0.1) is 18.8 Å². The number of amides is 1. The minimum Gasteiger partial charge on any atom is -0.486 e. The van der Waals surface area contributed by atoms with Crippen molar-refractivity contribution in [1.82, 2.24) is 0 Å². The molecule has 130 valence electrons. The molecule has 0 N–H and O–H groups in total. The number of rotatable bonds is 4. The number of carbonyl (C=O) groups excluding carboxylic acids is 2. The average molecular weight is 352 g/mol. The highest BCUT2D eigenvalue weighted by Crippen LogP contribution is 2.40. The number of nitrogens with zero attached hydrogens (tertiary/aromatic N) is 1. The number of ether oxygens (including phenoxy) is 2. The molecular formula is C18H22ClNO4. The first-order chi connectivity index (χ1) is 11.3. The molecule has 0 aromatic heterocycles. The lowest BCUT2D eigenvalue weighted by molar-refractivity contribution is -0.137. The standard InChI is InChI=1S/C18H22ClNO4/c1-5-23-17(22)7-6-16(21)20-10-15(11(2)3)24-18-12(4)8-13(19)9-14(18)20/h6-9,11,15H,5,10H2,1-4H3. The highest BCUT2D eigenvalue weighted by molar-refractivity contribution is 6.31. The maximum Gasteiger partial charge on any atom is 0.330 e. The molecule has 0 fully saturated rings. The molecule has 0 spiro atoms. The van der Waals surface area contributed by atoms with Crippen LogP contribution in [-0.4, -0.2) is 31.1 Å². The van der Waals surface area contributed by atoms with Gasteiger partial charge in [-0.3, -0.25) is 4.79 Å². The first-order valence-electron chi connectivity index (χ1n) is 7.96. The molecule has 0 aliphatic carbocycles. The topological polar surface area (TPSA) is 55.8 Å². The number of fused-ring (bicyclic) bond motifs is 1. The molecule has 1 aromatic rings. The lowest BCUT2D eigenvalue weighted by Crippen LogP contribution is -2.45. The summed E-state index contributed by atoms with van der Waals surface area (Å²) in [7, 11) is 0. The molecule has 1 atom stereocenters. The van der Waals surface area contributed by atoms with E-state index in [1.807, 2.05) is 20.8 Å². The summed E-state index contributed by atoms with van der Waals surface area (Å²) in [5.74, 6) is 0.0433. The fraction of sp³-hybridized carbons (Fsp3) is 0.444. The third-order valence-electron chi connectivity index (χ3n) is 3.80. The predicted octanol–water partition coefficient (Wildman–Crippen LogP) is 3.52. The van der Waals surface area contributed by atoms with Gasteiger partial charge >= 0.3 is 5.97 Å². The maximum atomic E-state index is 12.6. The van der Waals surface area contributed by atoms with Crippen LogP contribution in [0.25, 0.3) is 0 Å². The van der Waals surface area contributed by atoms with Crippen molar-refractivity contribution in [2.45, 2.75) is 33.8 Å². The van der Waals surface area contributed by atoms with Crippen LogP contribution in [0.2, 0.25) is 5.02 Å². The van der Waals surface area contributed by atoms with Gasteiger partial charge < -0.3 is 14.4 Å². The van der Waals surface area contributed by atoms with E-state index in [1.165, 1.54) is 6.08 Å². The van der Waals surface area contributed by atoms with Crippen molar-refractivity contribution < 1.29 is 19.1 Å². The SMILES string of the molecule is CCOC(=O)C=CC(=O)N1CC(C(C)C)Oc2c(C)cc(Cl)cc21. The number of carbonyl (C=O) groups is 2. The fourth-order valence-corrected chi connectivity index (χ4v) is 2.78. The van der Waals surface area contributed by atoms with E-state index in [0.29, 0.717) is 23.0 Å². The molecule has 6 heteroatoms. The van der Waals surface area contributed by atoms with Gasteiger partial charge in [-0.05, 0) is 37.5 Å². The molecule has 1 unspecified atom stereocenters. The number of anilines is 1. The van der Waals surface area contributed by atoms with Crippen LogP contribution in [-0.2, 0) is 14.3 Å². The Morgan fingerprint density at radius 2 is 2.12 bits per heavy atom.